The summed E-state index contributed by atoms with van der Waals surface area (Å²) in [5.74, 6) is -0.448. The van der Waals surface area contributed by atoms with Crippen molar-refractivity contribution in [3.05, 3.63) is 36.5 Å². The molecule has 0 amide bonds. The Morgan fingerprint density at radius 1 is 0.548 bits per heavy atom. The second-order valence-corrected chi connectivity index (χ2v) is 11.4. The number of unbranched alkanes of at least 4 members (excludes halogenated alkanes) is 14. The van der Waals surface area contributed by atoms with Gasteiger partial charge in [0, 0.05) is 19.4 Å². The molecule has 1 unspecified atom stereocenters. The SMILES string of the molecule is CC/C=C\C/C=C\C/C=C\CCCCCC(=O)OCC(COCCCCCCCCCC)OC(=O)CCCCCCC. The summed E-state index contributed by atoms with van der Waals surface area (Å²) in [7, 11) is 0. The van der Waals surface area contributed by atoms with Crippen molar-refractivity contribution in [2.75, 3.05) is 19.8 Å². The van der Waals surface area contributed by atoms with Crippen LogP contribution in [-0.2, 0) is 23.8 Å². The number of hydrogen-bond acceptors (Lipinski definition) is 5. The molecule has 0 fully saturated rings. The fourth-order valence-electron chi connectivity index (χ4n) is 4.58. The van der Waals surface area contributed by atoms with Crippen molar-refractivity contribution >= 4 is 11.9 Å². The van der Waals surface area contributed by atoms with E-state index in [9.17, 15) is 9.59 Å². The Morgan fingerprint density at radius 3 is 1.71 bits per heavy atom. The van der Waals surface area contributed by atoms with E-state index in [0.29, 0.717) is 19.4 Å². The number of esters is 2. The van der Waals surface area contributed by atoms with Gasteiger partial charge in [-0.25, -0.2) is 0 Å². The van der Waals surface area contributed by atoms with Gasteiger partial charge >= 0.3 is 11.9 Å². The van der Waals surface area contributed by atoms with Gasteiger partial charge in [0.1, 0.15) is 6.61 Å². The van der Waals surface area contributed by atoms with Crippen LogP contribution in [0.1, 0.15) is 162 Å². The van der Waals surface area contributed by atoms with Gasteiger partial charge in [0.05, 0.1) is 6.61 Å². The van der Waals surface area contributed by atoms with Crippen LogP contribution in [0.15, 0.2) is 36.5 Å². The van der Waals surface area contributed by atoms with E-state index in [-0.39, 0.29) is 25.2 Å². The minimum atomic E-state index is -0.534. The molecule has 5 nitrogen and oxygen atoms in total. The van der Waals surface area contributed by atoms with E-state index in [4.69, 9.17) is 14.2 Å². The lowest BCUT2D eigenvalue weighted by Gasteiger charge is -2.18. The predicted octanol–water partition coefficient (Wildman–Crippen LogP) is 10.8. The molecular weight excluding hydrogens is 524 g/mol. The molecule has 0 saturated heterocycles. The Bertz CT molecular complexity index is 682. The van der Waals surface area contributed by atoms with E-state index in [0.717, 1.165) is 77.0 Å². The van der Waals surface area contributed by atoms with Gasteiger partial charge in [0.2, 0.25) is 0 Å². The smallest absolute Gasteiger partial charge is 0.306 e. The minimum absolute atomic E-state index is 0.0718. The third kappa shape index (κ3) is 31.1. The molecule has 0 aliphatic rings. The van der Waals surface area contributed by atoms with E-state index in [1.54, 1.807) is 0 Å². The van der Waals surface area contributed by atoms with Gasteiger partial charge in [-0.15, -0.1) is 0 Å². The minimum Gasteiger partial charge on any atom is -0.462 e. The molecular formula is C37H66O5. The maximum atomic E-state index is 12.4. The molecule has 0 heterocycles. The summed E-state index contributed by atoms with van der Waals surface area (Å²) in [5.41, 5.74) is 0. The standard InChI is InChI=1S/C37H66O5/c1-4-7-10-13-15-17-18-19-20-21-22-25-27-30-36(38)41-34-35(42-37(39)31-28-24-12-9-6-3)33-40-32-29-26-23-16-14-11-8-5-2/h7,10,15,17,19-20,35H,4-6,8-9,11-14,16,18,21-34H2,1-3H3/b10-7-,17-15-,20-19-. The zero-order valence-corrected chi connectivity index (χ0v) is 27.8. The van der Waals surface area contributed by atoms with Crippen LogP contribution in [0.2, 0.25) is 0 Å². The summed E-state index contributed by atoms with van der Waals surface area (Å²) < 4.78 is 17.0. The summed E-state index contributed by atoms with van der Waals surface area (Å²) in [6.07, 6.45) is 35.9. The zero-order valence-electron chi connectivity index (χ0n) is 27.8. The summed E-state index contributed by atoms with van der Waals surface area (Å²) in [5, 5.41) is 0. The molecule has 0 bridgehead atoms. The lowest BCUT2D eigenvalue weighted by molar-refractivity contribution is -0.163. The van der Waals surface area contributed by atoms with Crippen LogP contribution in [0, 0.1) is 0 Å². The number of hydrogen-bond donors (Lipinski definition) is 0. The highest BCUT2D eigenvalue weighted by molar-refractivity contribution is 5.70. The van der Waals surface area contributed by atoms with Crippen LogP contribution in [0.5, 0.6) is 0 Å². The quantitative estimate of drug-likeness (QED) is 0.0456. The van der Waals surface area contributed by atoms with Crippen molar-refractivity contribution in [3.8, 4) is 0 Å². The Labute approximate surface area is 259 Å². The van der Waals surface area contributed by atoms with Crippen molar-refractivity contribution in [1.29, 1.82) is 0 Å². The van der Waals surface area contributed by atoms with Crippen LogP contribution in [0.3, 0.4) is 0 Å². The zero-order chi connectivity index (χ0) is 30.8. The fraction of sp³-hybridized carbons (Fsp3) is 0.784. The van der Waals surface area contributed by atoms with Gasteiger partial charge in [-0.1, -0.05) is 134 Å². The summed E-state index contributed by atoms with van der Waals surface area (Å²) in [4.78, 5) is 24.7. The Hall–Kier alpha value is -1.88. The van der Waals surface area contributed by atoms with E-state index in [1.165, 1.54) is 51.4 Å². The molecule has 0 aromatic rings. The molecule has 42 heavy (non-hydrogen) atoms. The Kier molecular flexibility index (Phi) is 32.1. The fourth-order valence-corrected chi connectivity index (χ4v) is 4.58. The Morgan fingerprint density at radius 2 is 1.07 bits per heavy atom. The van der Waals surface area contributed by atoms with Crippen LogP contribution in [-0.4, -0.2) is 37.9 Å². The van der Waals surface area contributed by atoms with Crippen molar-refractivity contribution < 1.29 is 23.8 Å². The highest BCUT2D eigenvalue weighted by Gasteiger charge is 2.17. The van der Waals surface area contributed by atoms with Crippen molar-refractivity contribution in [3.63, 3.8) is 0 Å². The first kappa shape index (κ1) is 40.1. The van der Waals surface area contributed by atoms with E-state index in [2.05, 4.69) is 57.2 Å². The lowest BCUT2D eigenvalue weighted by atomic mass is 10.1. The van der Waals surface area contributed by atoms with Crippen molar-refractivity contribution in [2.45, 2.75) is 168 Å². The van der Waals surface area contributed by atoms with Crippen molar-refractivity contribution in [2.24, 2.45) is 0 Å². The monoisotopic (exact) mass is 590 g/mol. The predicted molar refractivity (Wildman–Crippen MR) is 178 cm³/mol. The molecule has 0 radical (unpaired) electrons. The van der Waals surface area contributed by atoms with Crippen LogP contribution < -0.4 is 0 Å². The molecule has 244 valence electrons. The van der Waals surface area contributed by atoms with Crippen molar-refractivity contribution in [1.82, 2.24) is 0 Å². The average molecular weight is 591 g/mol. The number of allylic oxidation sites excluding steroid dienone is 6. The molecule has 0 spiro atoms. The molecule has 5 heteroatoms. The van der Waals surface area contributed by atoms with Crippen LogP contribution >= 0.6 is 0 Å². The second-order valence-electron chi connectivity index (χ2n) is 11.4. The number of ether oxygens (including phenoxy) is 3. The summed E-state index contributed by atoms with van der Waals surface area (Å²) >= 11 is 0. The second kappa shape index (κ2) is 33.6. The molecule has 0 aromatic carbocycles. The lowest BCUT2D eigenvalue weighted by Crippen LogP contribution is -2.30. The van der Waals surface area contributed by atoms with E-state index >= 15 is 0 Å². The summed E-state index contributed by atoms with van der Waals surface area (Å²) in [6, 6.07) is 0. The normalized spacial score (nSPS) is 12.5. The molecule has 0 aliphatic heterocycles. The van der Waals surface area contributed by atoms with Gasteiger partial charge in [-0.3, -0.25) is 9.59 Å². The van der Waals surface area contributed by atoms with Gasteiger partial charge in [0.15, 0.2) is 6.10 Å². The molecule has 0 rings (SSSR count). The van der Waals surface area contributed by atoms with E-state index in [1.807, 2.05) is 0 Å². The van der Waals surface area contributed by atoms with E-state index < -0.39 is 6.10 Å². The van der Waals surface area contributed by atoms with Crippen LogP contribution in [0.4, 0.5) is 0 Å². The molecule has 1 atom stereocenters. The maximum absolute atomic E-state index is 12.4. The maximum Gasteiger partial charge on any atom is 0.306 e. The van der Waals surface area contributed by atoms with Gasteiger partial charge in [0.25, 0.3) is 0 Å². The first-order chi connectivity index (χ1) is 20.6. The largest absolute Gasteiger partial charge is 0.462 e. The van der Waals surface area contributed by atoms with Gasteiger partial charge in [-0.2, -0.15) is 0 Å². The molecule has 0 aromatic heterocycles. The third-order valence-corrected chi connectivity index (χ3v) is 7.19. The van der Waals surface area contributed by atoms with Gasteiger partial charge < -0.3 is 14.2 Å². The number of carbonyl (C=O) groups excluding carboxylic acids is 2. The highest BCUT2D eigenvalue weighted by atomic mass is 16.6. The number of rotatable bonds is 31. The third-order valence-electron chi connectivity index (χ3n) is 7.19. The molecule has 0 aliphatic carbocycles. The first-order valence-electron chi connectivity index (χ1n) is 17.5. The number of carbonyl (C=O) groups is 2. The average Bonchev–Trinajstić information content (AvgIpc) is 2.99. The summed E-state index contributed by atoms with van der Waals surface area (Å²) in [6.45, 7) is 7.57. The highest BCUT2D eigenvalue weighted by Crippen LogP contribution is 2.11. The van der Waals surface area contributed by atoms with Gasteiger partial charge in [-0.05, 0) is 51.4 Å². The molecule has 0 N–H and O–H groups in total. The first-order valence-corrected chi connectivity index (χ1v) is 17.5. The topological polar surface area (TPSA) is 61.8 Å². The van der Waals surface area contributed by atoms with Crippen LogP contribution in [0.25, 0.3) is 0 Å². The molecule has 0 saturated carbocycles. The Balaban J connectivity index is 4.18.